The van der Waals surface area contributed by atoms with E-state index in [2.05, 4.69) is 36.2 Å². The number of rotatable bonds is 13. The average Bonchev–Trinajstić information content (AvgIpc) is 3.43. The van der Waals surface area contributed by atoms with Crippen LogP contribution in [0.3, 0.4) is 0 Å². The van der Waals surface area contributed by atoms with Crippen molar-refractivity contribution >= 4 is 35.2 Å². The molecule has 0 spiro atoms. The summed E-state index contributed by atoms with van der Waals surface area (Å²) < 4.78 is 46.5. The van der Waals surface area contributed by atoms with Crippen LogP contribution in [-0.2, 0) is 19.1 Å². The van der Waals surface area contributed by atoms with Crippen LogP contribution in [0.4, 0.5) is 24.9 Å². The number of para-hydroxylation sites is 1. The Bertz CT molecular complexity index is 1190. The number of benzene rings is 1. The Morgan fingerprint density at radius 1 is 1.05 bits per heavy atom. The van der Waals surface area contributed by atoms with Crippen molar-refractivity contribution < 1.29 is 41.5 Å². The maximum atomic E-state index is 13.2. The van der Waals surface area contributed by atoms with Crippen molar-refractivity contribution in [1.29, 1.82) is 0 Å². The lowest BCUT2D eigenvalue weighted by atomic mass is 9.95. The predicted octanol–water partition coefficient (Wildman–Crippen LogP) is 1.83. The molecule has 2 aromatic rings. The molecule has 12 nitrogen and oxygen atoms in total. The molecule has 3 atom stereocenters. The largest absolute Gasteiger partial charge is 0.522 e. The van der Waals surface area contributed by atoms with Gasteiger partial charge in [0.05, 0.1) is 6.04 Å². The summed E-state index contributed by atoms with van der Waals surface area (Å²) in [5.74, 6) is -4.00. The number of aromatic nitrogens is 2. The molecule has 210 valence electrons. The molecule has 39 heavy (non-hydrogen) atoms. The number of amides is 3. The highest BCUT2D eigenvalue weighted by molar-refractivity contribution is 5.96. The third kappa shape index (κ3) is 8.49. The van der Waals surface area contributed by atoms with Crippen molar-refractivity contribution in [2.75, 3.05) is 18.5 Å². The molecule has 4 rings (SSSR count). The number of ether oxygens (including phenoxy) is 1. The molecule has 1 aromatic heterocycles. The Morgan fingerprint density at radius 3 is 2.44 bits per heavy atom. The Kier molecular flexibility index (Phi) is 8.79. The molecule has 1 aromatic carbocycles. The lowest BCUT2D eigenvalue weighted by Gasteiger charge is -2.24. The zero-order valence-electron chi connectivity index (χ0n) is 20.6. The first-order chi connectivity index (χ1) is 18.6. The van der Waals surface area contributed by atoms with E-state index in [9.17, 15) is 32.3 Å². The second-order valence-corrected chi connectivity index (χ2v) is 9.38. The van der Waals surface area contributed by atoms with Crippen LogP contribution in [0.15, 0.2) is 34.7 Å². The van der Waals surface area contributed by atoms with Gasteiger partial charge >= 0.3 is 24.2 Å². The third-order valence-electron chi connectivity index (χ3n) is 6.30. The van der Waals surface area contributed by atoms with Gasteiger partial charge in [0, 0.05) is 18.2 Å². The molecule has 1 aliphatic carbocycles. The van der Waals surface area contributed by atoms with Gasteiger partial charge in [-0.05, 0) is 37.3 Å². The number of carbonyl (C=O) groups excluding carboxylic acids is 4. The van der Waals surface area contributed by atoms with Gasteiger partial charge in [-0.3, -0.25) is 23.9 Å². The SMILES string of the molecule is O=C(NC(CC1CC1)C(=O)NC(CC1CCNC1=O)C(=O)COC(F)(F)F)c1nnc(Nc2ccccc2)o1. The standard InChI is InChI=1S/C24H27F3N6O6/c25-24(26,27)38-12-18(34)16(11-14-8-9-28-19(14)35)30-20(36)17(10-13-6-7-13)31-21(37)22-32-33-23(39-22)29-15-4-2-1-3-5-15/h1-5,13-14,16-17H,6-12H2,(H,28,35)(H,29,33)(H,30,36)(H,31,37). The van der Waals surface area contributed by atoms with Gasteiger partial charge in [-0.15, -0.1) is 18.3 Å². The van der Waals surface area contributed by atoms with Gasteiger partial charge in [0.15, 0.2) is 5.78 Å². The van der Waals surface area contributed by atoms with E-state index in [4.69, 9.17) is 4.42 Å². The molecule has 2 heterocycles. The maximum Gasteiger partial charge on any atom is 0.522 e. The topological polar surface area (TPSA) is 165 Å². The van der Waals surface area contributed by atoms with Crippen LogP contribution in [0.1, 0.15) is 42.8 Å². The number of anilines is 2. The molecular weight excluding hydrogens is 525 g/mol. The van der Waals surface area contributed by atoms with E-state index in [1.807, 2.05) is 6.07 Å². The van der Waals surface area contributed by atoms with Crippen molar-refractivity contribution in [3.63, 3.8) is 0 Å². The second kappa shape index (κ2) is 12.2. The van der Waals surface area contributed by atoms with Gasteiger partial charge in [0.25, 0.3) is 0 Å². The number of nitrogens with one attached hydrogen (secondary N) is 4. The van der Waals surface area contributed by atoms with Crippen LogP contribution in [-0.4, -0.2) is 65.3 Å². The second-order valence-electron chi connectivity index (χ2n) is 9.38. The Hall–Kier alpha value is -4.01. The van der Waals surface area contributed by atoms with Crippen LogP contribution in [0.5, 0.6) is 0 Å². The van der Waals surface area contributed by atoms with Gasteiger partial charge in [-0.25, -0.2) is 0 Å². The number of nitrogens with zero attached hydrogens (tertiary/aromatic N) is 2. The summed E-state index contributed by atoms with van der Waals surface area (Å²) in [4.78, 5) is 50.6. The van der Waals surface area contributed by atoms with E-state index in [0.29, 0.717) is 18.7 Å². The minimum atomic E-state index is -5.05. The van der Waals surface area contributed by atoms with Crippen molar-refractivity contribution in [2.45, 2.75) is 50.6 Å². The molecule has 0 bridgehead atoms. The molecule has 15 heteroatoms. The van der Waals surface area contributed by atoms with Gasteiger partial charge in [0.1, 0.15) is 12.6 Å². The summed E-state index contributed by atoms with van der Waals surface area (Å²) in [6, 6.07) is 6.22. The van der Waals surface area contributed by atoms with Crippen molar-refractivity contribution in [2.24, 2.45) is 11.8 Å². The van der Waals surface area contributed by atoms with Gasteiger partial charge in [-0.2, -0.15) is 0 Å². The van der Waals surface area contributed by atoms with E-state index in [-0.39, 0.29) is 30.7 Å². The molecule has 2 fully saturated rings. The zero-order chi connectivity index (χ0) is 28.0. The molecule has 0 radical (unpaired) electrons. The van der Waals surface area contributed by atoms with Crippen LogP contribution in [0, 0.1) is 11.8 Å². The number of Topliss-reactive ketones (excluding diaryl/α,β-unsaturated/α-hetero) is 1. The van der Waals surface area contributed by atoms with Crippen molar-refractivity contribution in [3.8, 4) is 0 Å². The van der Waals surface area contributed by atoms with Gasteiger partial charge in [-0.1, -0.05) is 36.1 Å². The van der Waals surface area contributed by atoms with Crippen LogP contribution in [0.2, 0.25) is 0 Å². The fourth-order valence-electron chi connectivity index (χ4n) is 4.10. The zero-order valence-corrected chi connectivity index (χ0v) is 20.6. The summed E-state index contributed by atoms with van der Waals surface area (Å²) in [6.07, 6.45) is -3.01. The maximum absolute atomic E-state index is 13.2. The van der Waals surface area contributed by atoms with Gasteiger partial charge < -0.3 is 25.7 Å². The lowest BCUT2D eigenvalue weighted by Crippen LogP contribution is -2.53. The summed E-state index contributed by atoms with van der Waals surface area (Å²) >= 11 is 0. The number of hydrogen-bond donors (Lipinski definition) is 4. The number of ketones is 1. The summed E-state index contributed by atoms with van der Waals surface area (Å²) in [5.41, 5.74) is 0.639. The van der Waals surface area contributed by atoms with Crippen molar-refractivity contribution in [1.82, 2.24) is 26.1 Å². The number of hydrogen-bond acceptors (Lipinski definition) is 9. The molecular formula is C24H27F3N6O6. The Morgan fingerprint density at radius 2 is 1.79 bits per heavy atom. The first-order valence-electron chi connectivity index (χ1n) is 12.4. The van der Waals surface area contributed by atoms with E-state index in [0.717, 1.165) is 12.8 Å². The van der Waals surface area contributed by atoms with Crippen LogP contribution >= 0.6 is 0 Å². The summed E-state index contributed by atoms with van der Waals surface area (Å²) in [5, 5.41) is 17.8. The molecule has 2 aliphatic rings. The minimum Gasteiger partial charge on any atom is -0.399 e. The highest BCUT2D eigenvalue weighted by Crippen LogP contribution is 2.33. The Balaban J connectivity index is 1.42. The average molecular weight is 553 g/mol. The molecule has 4 N–H and O–H groups in total. The minimum absolute atomic E-state index is 0.0558. The fraction of sp³-hybridized carbons (Fsp3) is 0.500. The lowest BCUT2D eigenvalue weighted by molar-refractivity contribution is -0.321. The molecule has 1 aliphatic heterocycles. The monoisotopic (exact) mass is 552 g/mol. The predicted molar refractivity (Wildman–Crippen MR) is 127 cm³/mol. The van der Waals surface area contributed by atoms with Crippen LogP contribution < -0.4 is 21.3 Å². The quantitative estimate of drug-likeness (QED) is 0.290. The highest BCUT2D eigenvalue weighted by atomic mass is 19.4. The molecule has 3 amide bonds. The first kappa shape index (κ1) is 28.0. The fourth-order valence-corrected chi connectivity index (χ4v) is 4.10. The van der Waals surface area contributed by atoms with E-state index in [1.165, 1.54) is 0 Å². The van der Waals surface area contributed by atoms with E-state index < -0.39 is 54.5 Å². The summed E-state index contributed by atoms with van der Waals surface area (Å²) in [7, 11) is 0. The smallest absolute Gasteiger partial charge is 0.399 e. The number of halogens is 3. The van der Waals surface area contributed by atoms with E-state index in [1.54, 1.807) is 24.3 Å². The van der Waals surface area contributed by atoms with Crippen LogP contribution in [0.25, 0.3) is 0 Å². The third-order valence-corrected chi connectivity index (χ3v) is 6.30. The van der Waals surface area contributed by atoms with Gasteiger partial charge in [0.2, 0.25) is 11.8 Å². The Labute approximate surface area is 220 Å². The highest BCUT2D eigenvalue weighted by Gasteiger charge is 2.37. The van der Waals surface area contributed by atoms with E-state index >= 15 is 0 Å². The first-order valence-corrected chi connectivity index (χ1v) is 12.4. The summed E-state index contributed by atoms with van der Waals surface area (Å²) in [6.45, 7) is -0.981. The normalized spacial score (nSPS) is 18.6. The molecule has 1 saturated carbocycles. The molecule has 3 unspecified atom stereocenters. The van der Waals surface area contributed by atoms with Crippen molar-refractivity contribution in [3.05, 3.63) is 36.2 Å². The number of alkyl halides is 3. The molecule has 1 saturated heterocycles. The number of carbonyl (C=O) groups is 4.